The molecular weight excluding hydrogens is 368 g/mol. The van der Waals surface area contributed by atoms with Gasteiger partial charge in [0.1, 0.15) is 5.75 Å². The minimum atomic E-state index is -0.116. The molecule has 0 bridgehead atoms. The SMILES string of the molecule is COc1ccc(SC(C)C(=O)N2CCN(c3ccccc3Cl)CC2)cc1. The van der Waals surface area contributed by atoms with Gasteiger partial charge >= 0.3 is 0 Å². The Morgan fingerprint density at radius 3 is 2.35 bits per heavy atom. The van der Waals surface area contributed by atoms with Crippen LogP contribution < -0.4 is 9.64 Å². The van der Waals surface area contributed by atoms with E-state index >= 15 is 0 Å². The largest absolute Gasteiger partial charge is 0.497 e. The van der Waals surface area contributed by atoms with Crippen LogP contribution in [0, 0.1) is 0 Å². The number of para-hydroxylation sites is 1. The Bertz CT molecular complexity index is 746. The van der Waals surface area contributed by atoms with Crippen molar-refractivity contribution < 1.29 is 9.53 Å². The van der Waals surface area contributed by atoms with Crippen molar-refractivity contribution >= 4 is 35.0 Å². The van der Waals surface area contributed by atoms with Gasteiger partial charge in [-0.1, -0.05) is 23.7 Å². The lowest BCUT2D eigenvalue weighted by Crippen LogP contribution is -2.50. The van der Waals surface area contributed by atoms with Gasteiger partial charge in [-0.3, -0.25) is 4.79 Å². The summed E-state index contributed by atoms with van der Waals surface area (Å²) in [6.45, 7) is 5.01. The third-order valence-corrected chi connectivity index (χ3v) is 5.92. The van der Waals surface area contributed by atoms with Crippen LogP contribution in [0.15, 0.2) is 53.4 Å². The highest BCUT2D eigenvalue weighted by molar-refractivity contribution is 8.00. The highest BCUT2D eigenvalue weighted by Crippen LogP contribution is 2.28. The fraction of sp³-hybridized carbons (Fsp3) is 0.350. The summed E-state index contributed by atoms with van der Waals surface area (Å²) in [5, 5.41) is 0.644. The molecule has 1 heterocycles. The lowest BCUT2D eigenvalue weighted by atomic mass is 10.2. The molecule has 2 aromatic rings. The summed E-state index contributed by atoms with van der Waals surface area (Å²) in [4.78, 5) is 18.0. The van der Waals surface area contributed by atoms with Crippen molar-refractivity contribution in [2.75, 3.05) is 38.2 Å². The summed E-state index contributed by atoms with van der Waals surface area (Å²) >= 11 is 7.87. The van der Waals surface area contributed by atoms with E-state index in [2.05, 4.69) is 4.90 Å². The number of hydrogen-bond donors (Lipinski definition) is 0. The van der Waals surface area contributed by atoms with E-state index in [-0.39, 0.29) is 11.2 Å². The molecule has 4 nitrogen and oxygen atoms in total. The third-order valence-electron chi connectivity index (χ3n) is 4.50. The van der Waals surface area contributed by atoms with Gasteiger partial charge in [-0.15, -0.1) is 11.8 Å². The van der Waals surface area contributed by atoms with Crippen molar-refractivity contribution in [1.29, 1.82) is 0 Å². The van der Waals surface area contributed by atoms with E-state index in [4.69, 9.17) is 16.3 Å². The number of halogens is 1. The van der Waals surface area contributed by atoms with Crippen LogP contribution in [-0.2, 0) is 4.79 Å². The zero-order valence-corrected chi connectivity index (χ0v) is 16.6. The number of thioether (sulfide) groups is 1. The number of nitrogens with zero attached hydrogens (tertiary/aromatic N) is 2. The monoisotopic (exact) mass is 390 g/mol. The molecule has 1 fully saturated rings. The standard InChI is InChI=1S/C20H23ClN2O2S/c1-15(26-17-9-7-16(25-2)8-10-17)20(24)23-13-11-22(12-14-23)19-6-4-3-5-18(19)21/h3-10,15H,11-14H2,1-2H3. The van der Waals surface area contributed by atoms with Gasteiger partial charge in [-0.2, -0.15) is 0 Å². The Hall–Kier alpha value is -1.85. The summed E-state index contributed by atoms with van der Waals surface area (Å²) in [7, 11) is 1.65. The van der Waals surface area contributed by atoms with E-state index in [9.17, 15) is 4.79 Å². The van der Waals surface area contributed by atoms with Crippen LogP contribution >= 0.6 is 23.4 Å². The van der Waals surface area contributed by atoms with Gasteiger partial charge in [-0.05, 0) is 43.3 Å². The molecule has 0 saturated carbocycles. The molecule has 1 amide bonds. The summed E-state index contributed by atoms with van der Waals surface area (Å²) in [6.07, 6.45) is 0. The van der Waals surface area contributed by atoms with Crippen molar-refractivity contribution in [3.63, 3.8) is 0 Å². The molecular formula is C20H23ClN2O2S. The zero-order valence-electron chi connectivity index (χ0n) is 15.0. The second-order valence-corrected chi connectivity index (χ2v) is 8.02. The lowest BCUT2D eigenvalue weighted by molar-refractivity contribution is -0.130. The van der Waals surface area contributed by atoms with Crippen LogP contribution in [0.1, 0.15) is 6.92 Å². The molecule has 26 heavy (non-hydrogen) atoms. The number of anilines is 1. The second-order valence-electron chi connectivity index (χ2n) is 6.20. The number of benzene rings is 2. The molecule has 0 aliphatic carbocycles. The number of methoxy groups -OCH3 is 1. The lowest BCUT2D eigenvalue weighted by Gasteiger charge is -2.37. The van der Waals surface area contributed by atoms with E-state index in [0.717, 1.165) is 47.5 Å². The van der Waals surface area contributed by atoms with Crippen LogP contribution in [0.3, 0.4) is 0 Å². The Labute approximate surface area is 164 Å². The molecule has 0 aromatic heterocycles. The van der Waals surface area contributed by atoms with Crippen molar-refractivity contribution in [3.8, 4) is 5.75 Å². The number of hydrogen-bond acceptors (Lipinski definition) is 4. The fourth-order valence-corrected chi connectivity index (χ4v) is 4.25. The highest BCUT2D eigenvalue weighted by Gasteiger charge is 2.26. The number of carbonyl (C=O) groups excluding carboxylic acids is 1. The Balaban J connectivity index is 1.55. The van der Waals surface area contributed by atoms with Gasteiger partial charge < -0.3 is 14.5 Å². The first-order valence-electron chi connectivity index (χ1n) is 8.67. The van der Waals surface area contributed by atoms with Gasteiger partial charge in [-0.25, -0.2) is 0 Å². The minimum Gasteiger partial charge on any atom is -0.497 e. The van der Waals surface area contributed by atoms with Crippen molar-refractivity contribution in [2.45, 2.75) is 17.1 Å². The van der Waals surface area contributed by atoms with Gasteiger partial charge in [0.15, 0.2) is 0 Å². The van der Waals surface area contributed by atoms with Gasteiger partial charge in [0.2, 0.25) is 5.91 Å². The van der Waals surface area contributed by atoms with E-state index in [1.54, 1.807) is 18.9 Å². The first-order chi connectivity index (χ1) is 12.6. The van der Waals surface area contributed by atoms with Gasteiger partial charge in [0.05, 0.1) is 23.1 Å². The molecule has 0 N–H and O–H groups in total. The van der Waals surface area contributed by atoms with Crippen LogP contribution in [0.4, 0.5) is 5.69 Å². The van der Waals surface area contributed by atoms with Crippen LogP contribution in [0.2, 0.25) is 5.02 Å². The minimum absolute atomic E-state index is 0.116. The maximum absolute atomic E-state index is 12.8. The van der Waals surface area contributed by atoms with E-state index < -0.39 is 0 Å². The third kappa shape index (κ3) is 4.46. The maximum atomic E-state index is 12.8. The fourth-order valence-electron chi connectivity index (χ4n) is 3.04. The summed E-state index contributed by atoms with van der Waals surface area (Å²) in [6, 6.07) is 15.7. The Kier molecular flexibility index (Phi) is 6.33. The molecule has 1 aliphatic heterocycles. The number of carbonyl (C=O) groups is 1. The topological polar surface area (TPSA) is 32.8 Å². The number of rotatable bonds is 5. The normalized spacial score (nSPS) is 15.7. The predicted octanol–water partition coefficient (Wildman–Crippen LogP) is 4.18. The number of amides is 1. The molecule has 1 aliphatic rings. The molecule has 3 rings (SSSR count). The zero-order chi connectivity index (χ0) is 18.5. The summed E-state index contributed by atoms with van der Waals surface area (Å²) < 4.78 is 5.17. The van der Waals surface area contributed by atoms with Crippen molar-refractivity contribution in [1.82, 2.24) is 4.90 Å². The smallest absolute Gasteiger partial charge is 0.235 e. The van der Waals surface area contributed by atoms with Gasteiger partial charge in [0, 0.05) is 31.1 Å². The molecule has 6 heteroatoms. The predicted molar refractivity (Wildman–Crippen MR) is 109 cm³/mol. The molecule has 1 unspecified atom stereocenters. The average molecular weight is 391 g/mol. The Morgan fingerprint density at radius 1 is 1.08 bits per heavy atom. The summed E-state index contributed by atoms with van der Waals surface area (Å²) in [5.41, 5.74) is 1.04. The quantitative estimate of drug-likeness (QED) is 0.717. The van der Waals surface area contributed by atoms with Crippen molar-refractivity contribution in [3.05, 3.63) is 53.6 Å². The number of piperazine rings is 1. The molecule has 0 spiro atoms. The van der Waals surface area contributed by atoms with Crippen LogP contribution in [0.5, 0.6) is 5.75 Å². The number of ether oxygens (including phenoxy) is 1. The first kappa shape index (κ1) is 18.9. The van der Waals surface area contributed by atoms with Gasteiger partial charge in [0.25, 0.3) is 0 Å². The van der Waals surface area contributed by atoms with E-state index in [1.165, 1.54) is 0 Å². The molecule has 2 aromatic carbocycles. The highest BCUT2D eigenvalue weighted by atomic mass is 35.5. The van der Waals surface area contributed by atoms with Crippen molar-refractivity contribution in [2.24, 2.45) is 0 Å². The molecule has 138 valence electrons. The van der Waals surface area contributed by atoms with E-state index in [0.29, 0.717) is 0 Å². The molecule has 0 radical (unpaired) electrons. The first-order valence-corrected chi connectivity index (χ1v) is 9.93. The molecule has 1 saturated heterocycles. The molecule has 1 atom stereocenters. The maximum Gasteiger partial charge on any atom is 0.235 e. The average Bonchev–Trinajstić information content (AvgIpc) is 2.68. The van der Waals surface area contributed by atoms with E-state index in [1.807, 2.05) is 60.4 Å². The Morgan fingerprint density at radius 2 is 1.73 bits per heavy atom. The van der Waals surface area contributed by atoms with Crippen LogP contribution in [0.25, 0.3) is 0 Å². The summed E-state index contributed by atoms with van der Waals surface area (Å²) in [5.74, 6) is 1.01. The second kappa shape index (κ2) is 8.69. The van der Waals surface area contributed by atoms with Crippen LogP contribution in [-0.4, -0.2) is 49.3 Å².